The Hall–Kier alpha value is -3.62. The molecule has 1 saturated heterocycles. The Morgan fingerprint density at radius 2 is 1.47 bits per heavy atom. The van der Waals surface area contributed by atoms with E-state index >= 15 is 0 Å². The molecular formula is C30H32BNO6. The van der Waals surface area contributed by atoms with Gasteiger partial charge in [-0.15, -0.1) is 0 Å². The number of nitrogens with one attached hydrogen (secondary N) is 1. The van der Waals surface area contributed by atoms with Gasteiger partial charge in [-0.25, -0.2) is 9.59 Å². The molecule has 0 aromatic heterocycles. The van der Waals surface area contributed by atoms with E-state index < -0.39 is 30.4 Å². The number of hydrogen-bond acceptors (Lipinski definition) is 6. The van der Waals surface area contributed by atoms with Crippen molar-refractivity contribution in [3.05, 3.63) is 82.9 Å². The summed E-state index contributed by atoms with van der Waals surface area (Å²) in [4.78, 5) is 25.5. The highest BCUT2D eigenvalue weighted by Crippen LogP contribution is 2.44. The summed E-state index contributed by atoms with van der Waals surface area (Å²) in [5, 5.41) is 2.79. The van der Waals surface area contributed by atoms with Crippen LogP contribution in [0.25, 0.3) is 11.1 Å². The van der Waals surface area contributed by atoms with Gasteiger partial charge in [-0.05, 0) is 80.0 Å². The zero-order valence-electron chi connectivity index (χ0n) is 22.6. The van der Waals surface area contributed by atoms with Crippen molar-refractivity contribution in [3.63, 3.8) is 0 Å². The first kappa shape index (κ1) is 26.0. The number of benzene rings is 3. The van der Waals surface area contributed by atoms with Gasteiger partial charge in [0.15, 0.2) is 0 Å². The third kappa shape index (κ3) is 4.48. The van der Waals surface area contributed by atoms with E-state index in [1.165, 1.54) is 7.11 Å². The average Bonchev–Trinajstić information content (AvgIpc) is 3.32. The van der Waals surface area contributed by atoms with Crippen LogP contribution in [0.15, 0.2) is 60.7 Å². The monoisotopic (exact) mass is 513 g/mol. The highest BCUT2D eigenvalue weighted by molar-refractivity contribution is 6.63. The van der Waals surface area contributed by atoms with E-state index in [0.717, 1.165) is 22.3 Å². The molecule has 5 rings (SSSR count). The maximum absolute atomic E-state index is 13.0. The molecule has 0 radical (unpaired) electrons. The topological polar surface area (TPSA) is 83.1 Å². The van der Waals surface area contributed by atoms with Crippen LogP contribution in [0.1, 0.15) is 60.7 Å². The second kappa shape index (κ2) is 9.60. The van der Waals surface area contributed by atoms with Crippen LogP contribution in [0.3, 0.4) is 0 Å². The highest BCUT2D eigenvalue weighted by atomic mass is 16.7. The zero-order valence-corrected chi connectivity index (χ0v) is 22.6. The number of amides is 1. The molecule has 1 amide bonds. The van der Waals surface area contributed by atoms with Crippen molar-refractivity contribution in [1.82, 2.24) is 0 Å². The van der Waals surface area contributed by atoms with E-state index in [1.54, 1.807) is 12.1 Å². The number of hydrogen-bond donors (Lipinski definition) is 1. The van der Waals surface area contributed by atoms with Crippen molar-refractivity contribution in [2.75, 3.05) is 19.0 Å². The minimum absolute atomic E-state index is 0.0582. The second-order valence-corrected chi connectivity index (χ2v) is 10.8. The summed E-state index contributed by atoms with van der Waals surface area (Å²) in [6.07, 6.45) is -0.619. The Balaban J connectivity index is 1.38. The van der Waals surface area contributed by atoms with Gasteiger partial charge < -0.3 is 18.8 Å². The first-order valence-corrected chi connectivity index (χ1v) is 12.7. The Bertz CT molecular complexity index is 1350. The molecule has 196 valence electrons. The molecular weight excluding hydrogens is 481 g/mol. The molecule has 3 aromatic carbocycles. The number of ether oxygens (including phenoxy) is 2. The molecule has 1 N–H and O–H groups in total. The number of esters is 1. The summed E-state index contributed by atoms with van der Waals surface area (Å²) in [7, 11) is 0.606. The van der Waals surface area contributed by atoms with Crippen LogP contribution in [0, 0.1) is 6.92 Å². The van der Waals surface area contributed by atoms with Gasteiger partial charge >= 0.3 is 19.2 Å². The number of carbonyl (C=O) groups is 2. The lowest BCUT2D eigenvalue weighted by atomic mass is 9.74. The molecule has 0 unspecified atom stereocenters. The fourth-order valence-electron chi connectivity index (χ4n) is 5.10. The third-order valence-corrected chi connectivity index (χ3v) is 7.95. The normalized spacial score (nSPS) is 17.1. The Morgan fingerprint density at radius 1 is 0.921 bits per heavy atom. The first-order valence-electron chi connectivity index (χ1n) is 12.7. The van der Waals surface area contributed by atoms with Crippen molar-refractivity contribution in [2.45, 2.75) is 51.7 Å². The third-order valence-electron chi connectivity index (χ3n) is 7.95. The van der Waals surface area contributed by atoms with Gasteiger partial charge in [-0.2, -0.15) is 0 Å². The molecule has 1 fully saturated rings. The summed E-state index contributed by atoms with van der Waals surface area (Å²) >= 11 is 0. The molecule has 1 aliphatic carbocycles. The van der Waals surface area contributed by atoms with Crippen LogP contribution in [0.4, 0.5) is 10.5 Å². The molecule has 1 heterocycles. The SMILES string of the molecule is COC(=O)c1cc(NC(=O)OCC2c3ccccc3-c3ccccc32)cc(B2OC(C)(C)C(C)(C)O2)c1C. The van der Waals surface area contributed by atoms with Gasteiger partial charge in [0.1, 0.15) is 6.61 Å². The van der Waals surface area contributed by atoms with Crippen molar-refractivity contribution < 1.29 is 28.4 Å². The van der Waals surface area contributed by atoms with E-state index in [4.69, 9.17) is 18.8 Å². The van der Waals surface area contributed by atoms with E-state index in [2.05, 4.69) is 29.6 Å². The van der Waals surface area contributed by atoms with Crippen LogP contribution in [-0.4, -0.2) is 44.1 Å². The minimum Gasteiger partial charge on any atom is -0.465 e. The van der Waals surface area contributed by atoms with Gasteiger partial charge in [0.2, 0.25) is 0 Å². The molecule has 0 bridgehead atoms. The van der Waals surface area contributed by atoms with Crippen LogP contribution in [-0.2, 0) is 18.8 Å². The summed E-state index contributed by atoms with van der Waals surface area (Å²) in [5.41, 5.74) is 5.45. The summed E-state index contributed by atoms with van der Waals surface area (Å²) < 4.78 is 23.1. The number of rotatable bonds is 5. The maximum Gasteiger partial charge on any atom is 0.495 e. The van der Waals surface area contributed by atoms with Crippen molar-refractivity contribution >= 4 is 30.3 Å². The van der Waals surface area contributed by atoms with Gasteiger partial charge in [-0.1, -0.05) is 48.5 Å². The molecule has 3 aromatic rings. The standard InChI is InChI=1S/C30H32BNO6/c1-18-24(27(33)35-6)15-19(16-26(18)31-37-29(2,3)30(4,5)38-31)32-28(34)36-17-25-22-13-9-7-11-20(22)21-12-8-10-14-23(21)25/h7-16,25H,17H2,1-6H3,(H,32,34). The lowest BCUT2D eigenvalue weighted by molar-refractivity contribution is 0.00578. The minimum atomic E-state index is -0.715. The van der Waals surface area contributed by atoms with E-state index in [1.807, 2.05) is 58.9 Å². The lowest BCUT2D eigenvalue weighted by Crippen LogP contribution is -2.41. The predicted octanol–water partition coefficient (Wildman–Crippen LogP) is 5.44. The largest absolute Gasteiger partial charge is 0.495 e. The number of carbonyl (C=O) groups excluding carboxylic acids is 2. The van der Waals surface area contributed by atoms with Gasteiger partial charge in [0.05, 0.1) is 23.9 Å². The predicted molar refractivity (Wildman–Crippen MR) is 147 cm³/mol. The number of fused-ring (bicyclic) bond motifs is 3. The molecule has 8 heteroatoms. The van der Waals surface area contributed by atoms with Crippen LogP contribution < -0.4 is 10.8 Å². The fraction of sp³-hybridized carbons (Fsp3) is 0.333. The van der Waals surface area contributed by atoms with Gasteiger partial charge in [-0.3, -0.25) is 5.32 Å². The van der Waals surface area contributed by atoms with E-state index in [0.29, 0.717) is 22.3 Å². The fourth-order valence-corrected chi connectivity index (χ4v) is 5.10. The van der Waals surface area contributed by atoms with Gasteiger partial charge in [0, 0.05) is 11.6 Å². The van der Waals surface area contributed by atoms with Crippen LogP contribution in [0.5, 0.6) is 0 Å². The molecule has 0 atom stereocenters. The van der Waals surface area contributed by atoms with Crippen molar-refractivity contribution in [3.8, 4) is 11.1 Å². The van der Waals surface area contributed by atoms with E-state index in [-0.39, 0.29) is 12.5 Å². The molecule has 1 aliphatic heterocycles. The number of anilines is 1. The molecule has 0 spiro atoms. The maximum atomic E-state index is 13.0. The number of methoxy groups -OCH3 is 1. The summed E-state index contributed by atoms with van der Waals surface area (Å²) in [6, 6.07) is 19.7. The van der Waals surface area contributed by atoms with Crippen molar-refractivity contribution in [2.24, 2.45) is 0 Å². The Labute approximate surface area is 223 Å². The van der Waals surface area contributed by atoms with Crippen LogP contribution >= 0.6 is 0 Å². The highest BCUT2D eigenvalue weighted by Gasteiger charge is 2.52. The van der Waals surface area contributed by atoms with Crippen molar-refractivity contribution in [1.29, 1.82) is 0 Å². The quantitative estimate of drug-likeness (QED) is 0.361. The molecule has 0 saturated carbocycles. The second-order valence-electron chi connectivity index (χ2n) is 10.8. The zero-order chi connectivity index (χ0) is 27.2. The Kier molecular flexibility index (Phi) is 6.57. The average molecular weight is 513 g/mol. The smallest absolute Gasteiger partial charge is 0.465 e. The molecule has 38 heavy (non-hydrogen) atoms. The molecule has 2 aliphatic rings. The summed E-state index contributed by atoms with van der Waals surface area (Å²) in [6.45, 7) is 9.83. The van der Waals surface area contributed by atoms with Gasteiger partial charge in [0.25, 0.3) is 0 Å². The lowest BCUT2D eigenvalue weighted by Gasteiger charge is -2.32. The first-order chi connectivity index (χ1) is 18.0. The Morgan fingerprint density at radius 3 is 2.03 bits per heavy atom. The van der Waals surface area contributed by atoms with E-state index in [9.17, 15) is 9.59 Å². The van der Waals surface area contributed by atoms with Crippen LogP contribution in [0.2, 0.25) is 0 Å². The summed E-state index contributed by atoms with van der Waals surface area (Å²) in [5.74, 6) is -0.575. The molecule has 7 nitrogen and oxygen atoms in total.